The third-order valence-corrected chi connectivity index (χ3v) is 4.99. The van der Waals surface area contributed by atoms with Gasteiger partial charge in [0.1, 0.15) is 12.7 Å². The molecule has 3 aromatic rings. The van der Waals surface area contributed by atoms with Crippen molar-refractivity contribution in [3.05, 3.63) is 77.1 Å². The molecule has 2 aromatic carbocycles. The predicted molar refractivity (Wildman–Crippen MR) is 103 cm³/mol. The zero-order valence-corrected chi connectivity index (χ0v) is 15.9. The Hall–Kier alpha value is -3.29. The lowest BCUT2D eigenvalue weighted by molar-refractivity contribution is -0.144. The SMILES string of the molecule is Cc1nn(-c2ccccc2)c(C)c1[C@@H]1Nc2ccccc2C(=O)N1CC(F)(F)F. The zero-order chi connectivity index (χ0) is 20.8. The molecule has 8 heteroatoms. The summed E-state index contributed by atoms with van der Waals surface area (Å²) >= 11 is 0. The van der Waals surface area contributed by atoms with E-state index >= 15 is 0 Å². The van der Waals surface area contributed by atoms with Crippen LogP contribution in [0, 0.1) is 13.8 Å². The smallest absolute Gasteiger partial charge is 0.361 e. The minimum Gasteiger partial charge on any atom is -0.361 e. The number of fused-ring (bicyclic) bond motifs is 1. The Kier molecular flexibility index (Phi) is 4.56. The average Bonchev–Trinajstić information content (AvgIpc) is 2.98. The molecule has 1 atom stereocenters. The van der Waals surface area contributed by atoms with Crippen molar-refractivity contribution in [2.24, 2.45) is 0 Å². The average molecular weight is 400 g/mol. The summed E-state index contributed by atoms with van der Waals surface area (Å²) in [5.41, 5.74) is 3.31. The number of aryl methyl sites for hydroxylation is 1. The summed E-state index contributed by atoms with van der Waals surface area (Å²) in [6, 6.07) is 15.9. The van der Waals surface area contributed by atoms with Crippen molar-refractivity contribution < 1.29 is 18.0 Å². The van der Waals surface area contributed by atoms with Gasteiger partial charge in [-0.05, 0) is 38.1 Å². The van der Waals surface area contributed by atoms with E-state index in [1.807, 2.05) is 30.3 Å². The highest BCUT2D eigenvalue weighted by Gasteiger charge is 2.42. The molecule has 0 radical (unpaired) electrons. The molecular formula is C21H19F3N4O. The number of rotatable bonds is 3. The number of anilines is 1. The first-order valence-electron chi connectivity index (χ1n) is 9.11. The molecule has 0 fully saturated rings. The van der Waals surface area contributed by atoms with Crippen LogP contribution in [0.15, 0.2) is 54.6 Å². The fraction of sp³-hybridized carbons (Fsp3) is 0.238. The number of para-hydroxylation sites is 2. The molecule has 4 rings (SSSR count). The first-order chi connectivity index (χ1) is 13.8. The monoisotopic (exact) mass is 400 g/mol. The summed E-state index contributed by atoms with van der Waals surface area (Å²) in [6.45, 7) is 2.17. The third-order valence-electron chi connectivity index (χ3n) is 4.99. The zero-order valence-electron chi connectivity index (χ0n) is 15.9. The number of aromatic nitrogens is 2. The fourth-order valence-electron chi connectivity index (χ4n) is 3.75. The van der Waals surface area contributed by atoms with Crippen molar-refractivity contribution in [3.8, 4) is 5.69 Å². The topological polar surface area (TPSA) is 50.2 Å². The fourth-order valence-corrected chi connectivity index (χ4v) is 3.75. The van der Waals surface area contributed by atoms with E-state index in [9.17, 15) is 18.0 Å². The third kappa shape index (κ3) is 3.46. The maximum absolute atomic E-state index is 13.3. The number of amides is 1. The Balaban J connectivity index is 1.84. The van der Waals surface area contributed by atoms with Gasteiger partial charge in [-0.1, -0.05) is 30.3 Å². The van der Waals surface area contributed by atoms with Crippen molar-refractivity contribution >= 4 is 11.6 Å². The van der Waals surface area contributed by atoms with Crippen LogP contribution in [0.5, 0.6) is 0 Å². The Labute approximate surface area is 165 Å². The number of benzene rings is 2. The van der Waals surface area contributed by atoms with Gasteiger partial charge in [0.05, 0.1) is 16.9 Å². The van der Waals surface area contributed by atoms with E-state index < -0.39 is 24.8 Å². The molecule has 29 heavy (non-hydrogen) atoms. The highest BCUT2D eigenvalue weighted by molar-refractivity contribution is 6.01. The van der Waals surface area contributed by atoms with Crippen molar-refractivity contribution in [2.75, 3.05) is 11.9 Å². The van der Waals surface area contributed by atoms with Crippen LogP contribution in [-0.2, 0) is 0 Å². The van der Waals surface area contributed by atoms with Crippen LogP contribution in [0.1, 0.15) is 33.5 Å². The second-order valence-corrected chi connectivity index (χ2v) is 6.97. The van der Waals surface area contributed by atoms with Gasteiger partial charge in [0.2, 0.25) is 0 Å². The standard InChI is InChI=1S/C21H19F3N4O/c1-13-18(14(2)28(26-13)15-8-4-3-5-9-15)19-25-17-11-7-6-10-16(17)20(29)27(19)12-21(22,23)24/h3-11,19,25H,12H2,1-2H3/t19-/m1/s1. The Bertz CT molecular complexity index is 1060. The number of hydrogen-bond donors (Lipinski definition) is 1. The molecule has 0 saturated carbocycles. The molecule has 1 aliphatic heterocycles. The van der Waals surface area contributed by atoms with Crippen LogP contribution in [-0.4, -0.2) is 33.3 Å². The molecule has 5 nitrogen and oxygen atoms in total. The van der Waals surface area contributed by atoms with Gasteiger partial charge in [-0.25, -0.2) is 4.68 Å². The molecule has 0 spiro atoms. The number of hydrogen-bond acceptors (Lipinski definition) is 3. The number of nitrogens with one attached hydrogen (secondary N) is 1. The molecule has 150 valence electrons. The van der Waals surface area contributed by atoms with Crippen LogP contribution < -0.4 is 5.32 Å². The van der Waals surface area contributed by atoms with E-state index in [0.29, 0.717) is 22.6 Å². The van der Waals surface area contributed by atoms with Gasteiger partial charge in [0, 0.05) is 16.9 Å². The van der Waals surface area contributed by atoms with Gasteiger partial charge in [0.25, 0.3) is 5.91 Å². The summed E-state index contributed by atoms with van der Waals surface area (Å²) in [5, 5.41) is 7.64. The Morgan fingerprint density at radius 1 is 1.03 bits per heavy atom. The molecule has 1 amide bonds. The van der Waals surface area contributed by atoms with Crippen molar-refractivity contribution in [3.63, 3.8) is 0 Å². The van der Waals surface area contributed by atoms with Crippen molar-refractivity contribution in [2.45, 2.75) is 26.2 Å². The molecule has 0 bridgehead atoms. The summed E-state index contributed by atoms with van der Waals surface area (Å²) in [6.07, 6.45) is -5.50. The number of alkyl halides is 3. The molecule has 1 aromatic heterocycles. The molecule has 1 N–H and O–H groups in total. The number of carbonyl (C=O) groups is 1. The normalized spacial score (nSPS) is 16.5. The van der Waals surface area contributed by atoms with Crippen molar-refractivity contribution in [1.29, 1.82) is 0 Å². The lowest BCUT2D eigenvalue weighted by Gasteiger charge is -2.38. The second-order valence-electron chi connectivity index (χ2n) is 6.97. The number of carbonyl (C=O) groups excluding carboxylic acids is 1. The summed E-state index contributed by atoms with van der Waals surface area (Å²) < 4.78 is 41.6. The maximum Gasteiger partial charge on any atom is 0.406 e. The Morgan fingerprint density at radius 3 is 2.38 bits per heavy atom. The van der Waals surface area contributed by atoms with Gasteiger partial charge in [-0.2, -0.15) is 18.3 Å². The quantitative estimate of drug-likeness (QED) is 0.698. The van der Waals surface area contributed by atoms with E-state index in [2.05, 4.69) is 10.4 Å². The van der Waals surface area contributed by atoms with E-state index in [1.54, 1.807) is 36.7 Å². The van der Waals surface area contributed by atoms with Crippen LogP contribution in [0.4, 0.5) is 18.9 Å². The van der Waals surface area contributed by atoms with E-state index in [4.69, 9.17) is 0 Å². The largest absolute Gasteiger partial charge is 0.406 e. The van der Waals surface area contributed by atoms with Gasteiger partial charge in [-0.15, -0.1) is 0 Å². The first-order valence-corrected chi connectivity index (χ1v) is 9.11. The predicted octanol–water partition coefficient (Wildman–Crippen LogP) is 4.62. The number of nitrogens with zero attached hydrogens (tertiary/aromatic N) is 3. The van der Waals surface area contributed by atoms with E-state index in [-0.39, 0.29) is 5.56 Å². The summed E-state index contributed by atoms with van der Waals surface area (Å²) in [5.74, 6) is -0.659. The lowest BCUT2D eigenvalue weighted by Crippen LogP contribution is -2.47. The molecular weight excluding hydrogens is 381 g/mol. The minimum absolute atomic E-state index is 0.221. The van der Waals surface area contributed by atoms with Gasteiger partial charge >= 0.3 is 6.18 Å². The van der Waals surface area contributed by atoms with Crippen LogP contribution >= 0.6 is 0 Å². The van der Waals surface area contributed by atoms with Crippen molar-refractivity contribution in [1.82, 2.24) is 14.7 Å². The first kappa shape index (κ1) is 19.0. The molecule has 2 heterocycles. The van der Waals surface area contributed by atoms with E-state index in [0.717, 1.165) is 10.6 Å². The van der Waals surface area contributed by atoms with Crippen LogP contribution in [0.3, 0.4) is 0 Å². The second kappa shape index (κ2) is 6.95. The summed E-state index contributed by atoms with van der Waals surface area (Å²) in [7, 11) is 0. The molecule has 0 unspecified atom stereocenters. The van der Waals surface area contributed by atoms with Gasteiger partial charge in [-0.3, -0.25) is 4.79 Å². The Morgan fingerprint density at radius 2 is 1.69 bits per heavy atom. The lowest BCUT2D eigenvalue weighted by atomic mass is 10.0. The highest BCUT2D eigenvalue weighted by Crippen LogP contribution is 2.37. The molecule has 0 saturated heterocycles. The minimum atomic E-state index is -4.53. The van der Waals surface area contributed by atoms with Gasteiger partial charge < -0.3 is 10.2 Å². The van der Waals surface area contributed by atoms with Gasteiger partial charge in [0.15, 0.2) is 0 Å². The van der Waals surface area contributed by atoms with Crippen LogP contribution in [0.2, 0.25) is 0 Å². The maximum atomic E-state index is 13.3. The number of halogens is 3. The summed E-state index contributed by atoms with van der Waals surface area (Å²) in [4.78, 5) is 13.8. The van der Waals surface area contributed by atoms with E-state index in [1.165, 1.54) is 6.07 Å². The highest BCUT2D eigenvalue weighted by atomic mass is 19.4. The molecule has 1 aliphatic rings. The van der Waals surface area contributed by atoms with Crippen LogP contribution in [0.25, 0.3) is 5.69 Å². The molecule has 0 aliphatic carbocycles.